The van der Waals surface area contributed by atoms with Crippen molar-refractivity contribution in [2.75, 3.05) is 13.1 Å². The minimum absolute atomic E-state index is 0.00844. The molecule has 0 saturated carbocycles. The molecule has 2 aromatic carbocycles. The largest absolute Gasteiger partial charge is 0.326 e. The summed E-state index contributed by atoms with van der Waals surface area (Å²) in [5, 5.41) is 0. The van der Waals surface area contributed by atoms with Gasteiger partial charge in [-0.25, -0.2) is 8.42 Å². The van der Waals surface area contributed by atoms with Crippen LogP contribution < -0.4 is 5.73 Å². The number of hydrogen-bond acceptors (Lipinski definition) is 3. The molecule has 1 aliphatic rings. The maximum absolute atomic E-state index is 12.7. The number of hydrogen-bond donors (Lipinski definition) is 1. The molecule has 0 amide bonds. The molecular formula is C17H19BrN2O2S. The first-order valence-corrected chi connectivity index (χ1v) is 9.89. The van der Waals surface area contributed by atoms with Crippen molar-refractivity contribution in [2.45, 2.75) is 17.7 Å². The Bertz CT molecular complexity index is 763. The van der Waals surface area contributed by atoms with E-state index >= 15 is 0 Å². The zero-order valence-corrected chi connectivity index (χ0v) is 15.0. The molecule has 1 saturated heterocycles. The predicted octanol–water partition coefficient (Wildman–Crippen LogP) is 2.71. The molecule has 122 valence electrons. The summed E-state index contributed by atoms with van der Waals surface area (Å²) >= 11 is 3.36. The fourth-order valence-corrected chi connectivity index (χ4v) is 4.80. The quantitative estimate of drug-likeness (QED) is 0.866. The number of nitrogens with two attached hydrogens (primary N) is 1. The lowest BCUT2D eigenvalue weighted by Crippen LogP contribution is -2.33. The van der Waals surface area contributed by atoms with Gasteiger partial charge < -0.3 is 5.73 Å². The van der Waals surface area contributed by atoms with Crippen molar-refractivity contribution in [1.82, 2.24) is 4.31 Å². The van der Waals surface area contributed by atoms with Crippen molar-refractivity contribution in [3.05, 3.63) is 70.2 Å². The minimum atomic E-state index is -3.36. The smallest absolute Gasteiger partial charge is 0.218 e. The van der Waals surface area contributed by atoms with Crippen LogP contribution >= 0.6 is 15.9 Å². The molecule has 6 heteroatoms. The highest BCUT2D eigenvalue weighted by atomic mass is 79.9. The predicted molar refractivity (Wildman–Crippen MR) is 95.5 cm³/mol. The molecule has 2 aromatic rings. The van der Waals surface area contributed by atoms with E-state index in [9.17, 15) is 8.42 Å². The van der Waals surface area contributed by atoms with Gasteiger partial charge in [0, 0.05) is 29.5 Å². The van der Waals surface area contributed by atoms with E-state index in [2.05, 4.69) is 15.9 Å². The molecule has 4 nitrogen and oxygen atoms in total. The second-order valence-electron chi connectivity index (χ2n) is 5.88. The van der Waals surface area contributed by atoms with E-state index in [1.165, 1.54) is 4.31 Å². The lowest BCUT2D eigenvalue weighted by molar-refractivity contribution is 0.469. The van der Waals surface area contributed by atoms with Gasteiger partial charge in [0.05, 0.1) is 5.75 Å². The molecule has 0 spiro atoms. The summed E-state index contributed by atoms with van der Waals surface area (Å²) in [5.41, 5.74) is 8.08. The maximum Gasteiger partial charge on any atom is 0.218 e. The molecule has 0 radical (unpaired) electrons. The van der Waals surface area contributed by atoms with E-state index in [1.807, 2.05) is 54.6 Å². The van der Waals surface area contributed by atoms with Crippen LogP contribution in [0.25, 0.3) is 0 Å². The van der Waals surface area contributed by atoms with E-state index in [0.29, 0.717) is 13.1 Å². The zero-order chi connectivity index (χ0) is 16.4. The fraction of sp³-hybridized carbons (Fsp3) is 0.294. The Morgan fingerprint density at radius 2 is 1.70 bits per heavy atom. The van der Waals surface area contributed by atoms with E-state index in [0.717, 1.165) is 15.6 Å². The number of halogens is 1. The summed E-state index contributed by atoms with van der Waals surface area (Å²) in [4.78, 5) is 0. The van der Waals surface area contributed by atoms with Gasteiger partial charge in [-0.2, -0.15) is 4.31 Å². The van der Waals surface area contributed by atoms with Gasteiger partial charge >= 0.3 is 0 Å². The zero-order valence-electron chi connectivity index (χ0n) is 12.6. The topological polar surface area (TPSA) is 63.4 Å². The third-order valence-electron chi connectivity index (χ3n) is 4.22. The summed E-state index contributed by atoms with van der Waals surface area (Å²) in [6, 6.07) is 17.1. The lowest BCUT2D eigenvalue weighted by atomic mass is 9.95. The van der Waals surface area contributed by atoms with E-state index < -0.39 is 10.0 Å². The average molecular weight is 395 g/mol. The molecule has 3 rings (SSSR count). The van der Waals surface area contributed by atoms with Gasteiger partial charge in [0.15, 0.2) is 0 Å². The van der Waals surface area contributed by atoms with Crippen molar-refractivity contribution in [2.24, 2.45) is 5.73 Å². The first-order valence-electron chi connectivity index (χ1n) is 7.48. The normalized spacial score (nSPS) is 22.3. The Kier molecular flexibility index (Phi) is 4.87. The minimum Gasteiger partial charge on any atom is -0.326 e. The third-order valence-corrected chi connectivity index (χ3v) is 6.53. The molecule has 1 heterocycles. The molecule has 0 aliphatic carbocycles. The van der Waals surface area contributed by atoms with Crippen LogP contribution in [0, 0.1) is 0 Å². The first kappa shape index (κ1) is 16.6. The van der Waals surface area contributed by atoms with Gasteiger partial charge in [-0.15, -0.1) is 0 Å². The van der Waals surface area contributed by atoms with E-state index in [4.69, 9.17) is 5.73 Å². The first-order chi connectivity index (χ1) is 11.0. The molecule has 0 aromatic heterocycles. The van der Waals surface area contributed by atoms with Crippen molar-refractivity contribution in [3.63, 3.8) is 0 Å². The highest BCUT2D eigenvalue weighted by Crippen LogP contribution is 2.29. The van der Waals surface area contributed by atoms with Crippen molar-refractivity contribution >= 4 is 26.0 Å². The van der Waals surface area contributed by atoms with Gasteiger partial charge in [0.1, 0.15) is 0 Å². The summed E-state index contributed by atoms with van der Waals surface area (Å²) < 4.78 is 27.8. The Morgan fingerprint density at radius 3 is 2.35 bits per heavy atom. The number of benzene rings is 2. The summed E-state index contributed by atoms with van der Waals surface area (Å²) in [6.07, 6.45) is 0. The second-order valence-corrected chi connectivity index (χ2v) is 8.77. The lowest BCUT2D eigenvalue weighted by Gasteiger charge is -2.16. The Balaban J connectivity index is 1.75. The van der Waals surface area contributed by atoms with Crippen LogP contribution in [0.15, 0.2) is 59.1 Å². The molecular weight excluding hydrogens is 376 g/mol. The van der Waals surface area contributed by atoms with Crippen LogP contribution in [-0.4, -0.2) is 31.9 Å². The van der Waals surface area contributed by atoms with Crippen LogP contribution in [0.3, 0.4) is 0 Å². The Labute approximate surface area is 145 Å². The molecule has 1 aliphatic heterocycles. The second kappa shape index (κ2) is 6.73. The molecule has 2 N–H and O–H groups in total. The summed E-state index contributed by atoms with van der Waals surface area (Å²) in [7, 11) is -3.36. The summed E-state index contributed by atoms with van der Waals surface area (Å²) in [6.45, 7) is 0.822. The standard InChI is InChI=1S/C17H19BrN2O2S/c18-15-8-6-13(7-9-15)12-23(21,22)20-10-16(17(19)11-20)14-4-2-1-3-5-14/h1-9,16-17H,10-12,19H2/t16-,17+/m0/s1. The molecule has 23 heavy (non-hydrogen) atoms. The molecule has 2 atom stereocenters. The van der Waals surface area contributed by atoms with Crippen LogP contribution in [0.2, 0.25) is 0 Å². The van der Waals surface area contributed by atoms with Crippen molar-refractivity contribution in [1.29, 1.82) is 0 Å². The Hall–Kier alpha value is -1.21. The Morgan fingerprint density at radius 1 is 1.04 bits per heavy atom. The number of rotatable bonds is 4. The average Bonchev–Trinajstić information content (AvgIpc) is 2.93. The van der Waals surface area contributed by atoms with Gasteiger partial charge in [-0.1, -0.05) is 58.4 Å². The highest BCUT2D eigenvalue weighted by Gasteiger charge is 2.37. The highest BCUT2D eigenvalue weighted by molar-refractivity contribution is 9.10. The van der Waals surface area contributed by atoms with E-state index in [-0.39, 0.29) is 17.7 Å². The summed E-state index contributed by atoms with van der Waals surface area (Å²) in [5.74, 6) is 0.0602. The van der Waals surface area contributed by atoms with Gasteiger partial charge in [-0.05, 0) is 23.3 Å². The van der Waals surface area contributed by atoms with Crippen molar-refractivity contribution in [3.8, 4) is 0 Å². The third kappa shape index (κ3) is 3.83. The molecule has 0 unspecified atom stereocenters. The number of sulfonamides is 1. The number of nitrogens with zero attached hydrogens (tertiary/aromatic N) is 1. The van der Waals surface area contributed by atoms with Crippen molar-refractivity contribution < 1.29 is 8.42 Å². The van der Waals surface area contributed by atoms with Crippen LogP contribution in [-0.2, 0) is 15.8 Å². The van der Waals surface area contributed by atoms with Crippen LogP contribution in [0.4, 0.5) is 0 Å². The van der Waals surface area contributed by atoms with Crippen LogP contribution in [0.5, 0.6) is 0 Å². The fourth-order valence-electron chi connectivity index (χ4n) is 2.95. The monoisotopic (exact) mass is 394 g/mol. The molecule has 1 fully saturated rings. The van der Waals surface area contributed by atoms with Gasteiger partial charge in [0.25, 0.3) is 0 Å². The van der Waals surface area contributed by atoms with E-state index in [1.54, 1.807) is 0 Å². The van der Waals surface area contributed by atoms with Crippen LogP contribution in [0.1, 0.15) is 17.0 Å². The van der Waals surface area contributed by atoms with Gasteiger partial charge in [-0.3, -0.25) is 0 Å². The SMILES string of the molecule is N[C@@H]1CN(S(=O)(=O)Cc2ccc(Br)cc2)C[C@H]1c1ccccc1. The maximum atomic E-state index is 12.7. The molecule has 0 bridgehead atoms. The van der Waals surface area contributed by atoms with Gasteiger partial charge in [0.2, 0.25) is 10.0 Å².